The number of carboxylic acids is 1. The first-order chi connectivity index (χ1) is 19.3. The second-order valence-corrected chi connectivity index (χ2v) is 12.2. The van der Waals surface area contributed by atoms with Crippen LogP contribution in [-0.4, -0.2) is 43.9 Å². The molecule has 0 aliphatic rings. The lowest BCUT2D eigenvalue weighted by atomic mass is 10.0. The first kappa shape index (κ1) is 41.4. The van der Waals surface area contributed by atoms with E-state index in [-0.39, 0.29) is 13.2 Å². The van der Waals surface area contributed by atoms with Gasteiger partial charge in [-0.1, -0.05) is 162 Å². The van der Waals surface area contributed by atoms with Crippen LogP contribution in [0.1, 0.15) is 181 Å². The molecule has 0 saturated heterocycles. The summed E-state index contributed by atoms with van der Waals surface area (Å²) >= 11 is 0. The van der Waals surface area contributed by atoms with Gasteiger partial charge in [0.15, 0.2) is 0 Å². The maximum Gasteiger partial charge on any atom is 0.397 e. The summed E-state index contributed by atoms with van der Waals surface area (Å²) in [6.45, 7) is 5.18. The molecule has 0 aromatic rings. The predicted molar refractivity (Wildman–Crippen MR) is 167 cm³/mol. The Morgan fingerprint density at radius 3 is 1.15 bits per heavy atom. The standard InChI is InChI=1S/C18H36O2.C14H30O5S/c1-2-3-4-5-6-7-8-9-10-11-12-13-14-15-16-17-18(19)20;1-2-3-4-5-6-7-8-9-10-11-12-18-13-14-19-20(15,16)17/h2-17H2,1H3,(H,19,20);2-14H2,1H3,(H,15,16,17). The molecule has 40 heavy (non-hydrogen) atoms. The minimum atomic E-state index is -4.32. The van der Waals surface area contributed by atoms with Gasteiger partial charge in [-0.3, -0.25) is 9.35 Å². The molecule has 7 nitrogen and oxygen atoms in total. The van der Waals surface area contributed by atoms with Crippen molar-refractivity contribution in [2.24, 2.45) is 0 Å². The number of rotatable bonds is 31. The van der Waals surface area contributed by atoms with E-state index < -0.39 is 16.4 Å². The highest BCUT2D eigenvalue weighted by Crippen LogP contribution is 2.14. The zero-order valence-electron chi connectivity index (χ0n) is 26.4. The molecule has 0 heterocycles. The van der Waals surface area contributed by atoms with E-state index in [0.29, 0.717) is 13.0 Å². The number of unbranched alkanes of at least 4 members (excludes halogenated alkanes) is 23. The summed E-state index contributed by atoms with van der Waals surface area (Å²) in [7, 11) is -4.32. The Morgan fingerprint density at radius 2 is 0.825 bits per heavy atom. The van der Waals surface area contributed by atoms with Gasteiger partial charge in [0.2, 0.25) is 0 Å². The number of hydrogen-bond acceptors (Lipinski definition) is 5. The summed E-state index contributed by atoms with van der Waals surface area (Å²) in [6.07, 6.45) is 32.9. The monoisotopic (exact) mass is 594 g/mol. The number of carbonyl (C=O) groups is 1. The quantitative estimate of drug-likeness (QED) is 0.0607. The minimum absolute atomic E-state index is 0.128. The van der Waals surface area contributed by atoms with Crippen LogP contribution in [0.2, 0.25) is 0 Å². The highest BCUT2D eigenvalue weighted by molar-refractivity contribution is 7.80. The second kappa shape index (κ2) is 34.5. The van der Waals surface area contributed by atoms with E-state index in [1.54, 1.807) is 0 Å². The molecule has 2 N–H and O–H groups in total. The first-order valence-corrected chi connectivity index (χ1v) is 18.1. The number of carboxylic acid groups (broad SMARTS) is 1. The molecule has 0 spiro atoms. The lowest BCUT2D eigenvalue weighted by Gasteiger charge is -2.04. The number of hydrogen-bond donors (Lipinski definition) is 2. The molecule has 8 heteroatoms. The molecule has 242 valence electrons. The molecular weight excluding hydrogens is 528 g/mol. The van der Waals surface area contributed by atoms with E-state index in [0.717, 1.165) is 25.7 Å². The Kier molecular flexibility index (Phi) is 35.7. The van der Waals surface area contributed by atoms with Crippen LogP contribution in [0, 0.1) is 0 Å². The van der Waals surface area contributed by atoms with Gasteiger partial charge >= 0.3 is 16.4 Å². The van der Waals surface area contributed by atoms with Crippen molar-refractivity contribution in [3.8, 4) is 0 Å². The molecule has 0 aromatic heterocycles. The summed E-state index contributed by atoms with van der Waals surface area (Å²) < 4.78 is 38.1. The average Bonchev–Trinajstić information content (AvgIpc) is 2.90. The third kappa shape index (κ3) is 44.3. The summed E-state index contributed by atoms with van der Waals surface area (Å²) in [5, 5.41) is 8.52. The van der Waals surface area contributed by atoms with Gasteiger partial charge < -0.3 is 9.84 Å². The molecule has 0 aliphatic heterocycles. The summed E-state index contributed by atoms with van der Waals surface area (Å²) in [6, 6.07) is 0. The van der Waals surface area contributed by atoms with Crippen molar-refractivity contribution in [1.29, 1.82) is 0 Å². The van der Waals surface area contributed by atoms with Gasteiger partial charge in [0.25, 0.3) is 0 Å². The normalized spacial score (nSPS) is 11.4. The SMILES string of the molecule is CCCCCCCCCCCCCCCCCC(=O)O.CCCCCCCCCCCCOCCOS(=O)(=O)O. The summed E-state index contributed by atoms with van der Waals surface area (Å²) in [4.78, 5) is 10.3. The van der Waals surface area contributed by atoms with Gasteiger partial charge in [0.05, 0.1) is 13.2 Å². The molecule has 0 bridgehead atoms. The zero-order chi connectivity index (χ0) is 30.0. The Labute approximate surface area is 248 Å². The summed E-state index contributed by atoms with van der Waals surface area (Å²) in [5.74, 6) is -0.653. The molecule has 0 atom stereocenters. The Balaban J connectivity index is 0. The van der Waals surface area contributed by atoms with Gasteiger partial charge in [-0.15, -0.1) is 0 Å². The van der Waals surface area contributed by atoms with Gasteiger partial charge in [0, 0.05) is 13.0 Å². The van der Waals surface area contributed by atoms with E-state index in [2.05, 4.69) is 18.0 Å². The number of aliphatic carboxylic acids is 1. The van der Waals surface area contributed by atoms with Crippen LogP contribution < -0.4 is 0 Å². The van der Waals surface area contributed by atoms with Crippen molar-refractivity contribution < 1.29 is 31.8 Å². The lowest BCUT2D eigenvalue weighted by molar-refractivity contribution is -0.137. The van der Waals surface area contributed by atoms with E-state index in [4.69, 9.17) is 14.4 Å². The molecule has 0 fully saturated rings. The molecule has 0 amide bonds. The van der Waals surface area contributed by atoms with Crippen LogP contribution in [0.5, 0.6) is 0 Å². The molecule has 0 saturated carbocycles. The molecule has 0 aromatic carbocycles. The predicted octanol–water partition coefficient (Wildman–Crippen LogP) is 10.1. The van der Waals surface area contributed by atoms with Gasteiger partial charge in [0.1, 0.15) is 0 Å². The van der Waals surface area contributed by atoms with Crippen LogP contribution in [0.25, 0.3) is 0 Å². The molecule has 0 aliphatic carbocycles. The van der Waals surface area contributed by atoms with Crippen molar-refractivity contribution in [2.75, 3.05) is 19.8 Å². The fraction of sp³-hybridized carbons (Fsp3) is 0.969. The molecule has 0 unspecified atom stereocenters. The van der Waals surface area contributed by atoms with Crippen LogP contribution in [-0.2, 0) is 24.1 Å². The highest BCUT2D eigenvalue weighted by atomic mass is 32.3. The van der Waals surface area contributed by atoms with E-state index in [1.165, 1.54) is 135 Å². The second-order valence-electron chi connectivity index (χ2n) is 11.1. The van der Waals surface area contributed by atoms with Gasteiger partial charge in [-0.25, -0.2) is 4.18 Å². The maximum atomic E-state index is 10.3. The van der Waals surface area contributed by atoms with Crippen LogP contribution in [0.3, 0.4) is 0 Å². The third-order valence-electron chi connectivity index (χ3n) is 7.10. The van der Waals surface area contributed by atoms with Crippen molar-refractivity contribution in [3.63, 3.8) is 0 Å². The summed E-state index contributed by atoms with van der Waals surface area (Å²) in [5.41, 5.74) is 0. The Bertz CT molecular complexity index is 596. The van der Waals surface area contributed by atoms with Crippen molar-refractivity contribution in [2.45, 2.75) is 181 Å². The Hall–Kier alpha value is -0.700. The van der Waals surface area contributed by atoms with E-state index in [9.17, 15) is 13.2 Å². The molecule has 0 radical (unpaired) electrons. The third-order valence-corrected chi connectivity index (χ3v) is 7.56. The lowest BCUT2D eigenvalue weighted by Crippen LogP contribution is -2.10. The van der Waals surface area contributed by atoms with Gasteiger partial charge in [-0.2, -0.15) is 8.42 Å². The highest BCUT2D eigenvalue weighted by Gasteiger charge is 2.02. The van der Waals surface area contributed by atoms with Crippen LogP contribution in [0.4, 0.5) is 0 Å². The van der Waals surface area contributed by atoms with Crippen LogP contribution in [0.15, 0.2) is 0 Å². The fourth-order valence-corrected chi connectivity index (χ4v) is 4.92. The van der Waals surface area contributed by atoms with E-state index in [1.807, 2.05) is 0 Å². The topological polar surface area (TPSA) is 110 Å². The maximum absolute atomic E-state index is 10.3. The van der Waals surface area contributed by atoms with E-state index >= 15 is 0 Å². The fourth-order valence-electron chi connectivity index (χ4n) is 4.64. The number of ether oxygens (including phenoxy) is 1. The first-order valence-electron chi connectivity index (χ1n) is 16.7. The zero-order valence-corrected chi connectivity index (χ0v) is 27.2. The smallest absolute Gasteiger partial charge is 0.397 e. The minimum Gasteiger partial charge on any atom is -0.481 e. The molecule has 0 rings (SSSR count). The molecular formula is C32H66O7S. The largest absolute Gasteiger partial charge is 0.481 e. The van der Waals surface area contributed by atoms with Crippen molar-refractivity contribution in [1.82, 2.24) is 0 Å². The van der Waals surface area contributed by atoms with Crippen molar-refractivity contribution >= 4 is 16.4 Å². The van der Waals surface area contributed by atoms with Crippen LogP contribution >= 0.6 is 0 Å². The van der Waals surface area contributed by atoms with Crippen molar-refractivity contribution in [3.05, 3.63) is 0 Å². The van der Waals surface area contributed by atoms with Gasteiger partial charge in [-0.05, 0) is 12.8 Å². The average molecular weight is 595 g/mol. The Morgan fingerprint density at radius 1 is 0.500 bits per heavy atom.